The van der Waals surface area contributed by atoms with Crippen LogP contribution in [0.4, 0.5) is 5.69 Å². The predicted molar refractivity (Wildman–Crippen MR) is 78.2 cm³/mol. The number of nitrogens with zero attached hydrogens (tertiary/aromatic N) is 3. The molecule has 0 radical (unpaired) electrons. The van der Waals surface area contributed by atoms with Crippen molar-refractivity contribution >= 4 is 5.69 Å². The minimum Gasteiger partial charge on any atom is -0.496 e. The number of benzene rings is 1. The Bertz CT molecular complexity index is 639. The first-order valence-corrected chi connectivity index (χ1v) is 6.63. The Balaban J connectivity index is 2.24. The molecule has 21 heavy (non-hydrogen) atoms. The zero-order valence-electron chi connectivity index (χ0n) is 12.0. The van der Waals surface area contributed by atoms with Gasteiger partial charge in [0.25, 0.3) is 5.69 Å². The predicted octanol–water partition coefficient (Wildman–Crippen LogP) is 2.26. The van der Waals surface area contributed by atoms with Crippen molar-refractivity contribution in [2.45, 2.75) is 25.9 Å². The molecule has 1 aromatic carbocycles. The van der Waals surface area contributed by atoms with E-state index in [4.69, 9.17) is 10.5 Å². The van der Waals surface area contributed by atoms with Gasteiger partial charge in [-0.25, -0.2) is 0 Å². The number of ether oxygens (including phenoxy) is 1. The van der Waals surface area contributed by atoms with Crippen LogP contribution in [0.2, 0.25) is 0 Å². The molecular weight excluding hydrogens is 272 g/mol. The maximum Gasteiger partial charge on any atom is 0.273 e. The Morgan fingerprint density at radius 1 is 1.48 bits per heavy atom. The summed E-state index contributed by atoms with van der Waals surface area (Å²) in [7, 11) is 1.48. The molecule has 2 N–H and O–H groups in total. The molecule has 1 atom stereocenters. The normalized spacial score (nSPS) is 12.1. The van der Waals surface area contributed by atoms with E-state index in [1.807, 2.05) is 13.1 Å². The summed E-state index contributed by atoms with van der Waals surface area (Å²) in [6.45, 7) is 2.43. The fourth-order valence-corrected chi connectivity index (χ4v) is 2.04. The van der Waals surface area contributed by atoms with E-state index >= 15 is 0 Å². The van der Waals surface area contributed by atoms with Gasteiger partial charge in [0.1, 0.15) is 5.75 Å². The highest BCUT2D eigenvalue weighted by atomic mass is 16.6. The van der Waals surface area contributed by atoms with Gasteiger partial charge < -0.3 is 10.5 Å². The number of nitro benzene ring substituents is 1. The number of rotatable bonds is 6. The van der Waals surface area contributed by atoms with E-state index < -0.39 is 4.92 Å². The molecule has 112 valence electrons. The van der Waals surface area contributed by atoms with E-state index in [1.54, 1.807) is 16.9 Å². The van der Waals surface area contributed by atoms with Crippen molar-refractivity contribution < 1.29 is 9.66 Å². The number of non-ortho nitro benzene ring substituents is 1. The van der Waals surface area contributed by atoms with Crippen LogP contribution in [0.25, 0.3) is 0 Å². The first kappa shape index (κ1) is 15.0. The summed E-state index contributed by atoms with van der Waals surface area (Å²) in [6.07, 6.45) is 4.42. The molecule has 2 rings (SSSR count). The number of nitro groups is 1. The Hall–Kier alpha value is -2.41. The molecule has 7 nitrogen and oxygen atoms in total. The quantitative estimate of drug-likeness (QED) is 0.650. The molecule has 1 heterocycles. The van der Waals surface area contributed by atoms with E-state index in [0.29, 0.717) is 12.3 Å². The SMILES string of the molecule is CCC(N)c1cnn(Cc2cc(OC)cc([N+](=O)[O-])c2)c1. The molecule has 0 aliphatic carbocycles. The molecule has 2 aromatic rings. The van der Waals surface area contributed by atoms with Crippen LogP contribution in [0.5, 0.6) is 5.75 Å². The number of methoxy groups -OCH3 is 1. The van der Waals surface area contributed by atoms with Gasteiger partial charge in [0.2, 0.25) is 0 Å². The summed E-state index contributed by atoms with van der Waals surface area (Å²) in [6, 6.07) is 4.63. The van der Waals surface area contributed by atoms with Crippen LogP contribution in [0.1, 0.15) is 30.5 Å². The first-order chi connectivity index (χ1) is 10.0. The van der Waals surface area contributed by atoms with Crippen molar-refractivity contribution in [3.63, 3.8) is 0 Å². The summed E-state index contributed by atoms with van der Waals surface area (Å²) >= 11 is 0. The third-order valence-electron chi connectivity index (χ3n) is 3.26. The van der Waals surface area contributed by atoms with Gasteiger partial charge in [-0.3, -0.25) is 14.8 Å². The Labute approximate surface area is 122 Å². The van der Waals surface area contributed by atoms with Crippen molar-refractivity contribution in [1.29, 1.82) is 0 Å². The van der Waals surface area contributed by atoms with Crippen LogP contribution in [0, 0.1) is 10.1 Å². The lowest BCUT2D eigenvalue weighted by atomic mass is 10.1. The fourth-order valence-electron chi connectivity index (χ4n) is 2.04. The molecule has 0 fully saturated rings. The Kier molecular flexibility index (Phi) is 4.54. The van der Waals surface area contributed by atoms with Crippen LogP contribution in [0.15, 0.2) is 30.6 Å². The van der Waals surface area contributed by atoms with Gasteiger partial charge in [-0.05, 0) is 18.1 Å². The van der Waals surface area contributed by atoms with E-state index in [-0.39, 0.29) is 11.7 Å². The van der Waals surface area contributed by atoms with Crippen LogP contribution in [0.3, 0.4) is 0 Å². The fraction of sp³-hybridized carbons (Fsp3) is 0.357. The topological polar surface area (TPSA) is 96.2 Å². The highest BCUT2D eigenvalue weighted by molar-refractivity contribution is 5.42. The molecule has 0 saturated heterocycles. The van der Waals surface area contributed by atoms with Crippen molar-refractivity contribution in [2.24, 2.45) is 5.73 Å². The van der Waals surface area contributed by atoms with Crippen LogP contribution in [-0.4, -0.2) is 21.8 Å². The largest absolute Gasteiger partial charge is 0.496 e. The van der Waals surface area contributed by atoms with Crippen molar-refractivity contribution in [3.05, 3.63) is 51.8 Å². The third kappa shape index (κ3) is 3.57. The second-order valence-electron chi connectivity index (χ2n) is 4.78. The zero-order valence-corrected chi connectivity index (χ0v) is 12.0. The third-order valence-corrected chi connectivity index (χ3v) is 3.26. The van der Waals surface area contributed by atoms with Gasteiger partial charge in [0.15, 0.2) is 0 Å². The lowest BCUT2D eigenvalue weighted by Crippen LogP contribution is -2.07. The highest BCUT2D eigenvalue weighted by Crippen LogP contribution is 2.23. The molecular formula is C14H18N4O3. The minimum absolute atomic E-state index is 0.00184. The molecule has 0 aliphatic rings. The van der Waals surface area contributed by atoms with Crippen molar-refractivity contribution in [2.75, 3.05) is 7.11 Å². The number of hydrogen-bond acceptors (Lipinski definition) is 5. The Morgan fingerprint density at radius 2 is 2.24 bits per heavy atom. The Morgan fingerprint density at radius 3 is 2.86 bits per heavy atom. The van der Waals surface area contributed by atoms with Gasteiger partial charge in [0, 0.05) is 23.9 Å². The molecule has 1 aromatic heterocycles. The average Bonchev–Trinajstić information content (AvgIpc) is 2.94. The van der Waals surface area contributed by atoms with Crippen molar-refractivity contribution in [3.8, 4) is 5.75 Å². The lowest BCUT2D eigenvalue weighted by molar-refractivity contribution is -0.385. The second-order valence-corrected chi connectivity index (χ2v) is 4.78. The van der Waals surface area contributed by atoms with Gasteiger partial charge in [-0.1, -0.05) is 6.92 Å². The lowest BCUT2D eigenvalue weighted by Gasteiger charge is -2.06. The summed E-state index contributed by atoms with van der Waals surface area (Å²) < 4.78 is 6.80. The summed E-state index contributed by atoms with van der Waals surface area (Å²) in [4.78, 5) is 10.5. The standard InChI is InChI=1S/C14H18N4O3/c1-3-14(15)11-7-16-17(9-11)8-10-4-12(18(19)20)6-13(5-10)21-2/h4-7,9,14H,3,8,15H2,1-2H3. The maximum atomic E-state index is 10.9. The van der Waals surface area contributed by atoms with Crippen molar-refractivity contribution in [1.82, 2.24) is 9.78 Å². The molecule has 0 saturated carbocycles. The smallest absolute Gasteiger partial charge is 0.273 e. The molecule has 0 aliphatic heterocycles. The van der Waals surface area contributed by atoms with Gasteiger partial charge in [-0.15, -0.1) is 0 Å². The monoisotopic (exact) mass is 290 g/mol. The first-order valence-electron chi connectivity index (χ1n) is 6.63. The van der Waals surface area contributed by atoms with Crippen LogP contribution >= 0.6 is 0 Å². The molecule has 1 unspecified atom stereocenters. The highest BCUT2D eigenvalue weighted by Gasteiger charge is 2.12. The van der Waals surface area contributed by atoms with E-state index in [1.165, 1.54) is 19.2 Å². The minimum atomic E-state index is -0.437. The summed E-state index contributed by atoms with van der Waals surface area (Å²) in [5.41, 5.74) is 7.65. The molecule has 0 spiro atoms. The van der Waals surface area contributed by atoms with E-state index in [9.17, 15) is 10.1 Å². The molecule has 7 heteroatoms. The van der Waals surface area contributed by atoms with E-state index in [0.717, 1.165) is 17.5 Å². The maximum absolute atomic E-state index is 10.9. The summed E-state index contributed by atoms with van der Waals surface area (Å²) in [5, 5.41) is 15.2. The molecule has 0 amide bonds. The second kappa shape index (κ2) is 6.36. The van der Waals surface area contributed by atoms with Gasteiger partial charge in [0.05, 0.1) is 30.8 Å². The number of hydrogen-bond donors (Lipinski definition) is 1. The van der Waals surface area contributed by atoms with Crippen LogP contribution in [-0.2, 0) is 6.54 Å². The zero-order chi connectivity index (χ0) is 15.4. The van der Waals surface area contributed by atoms with Gasteiger partial charge >= 0.3 is 0 Å². The van der Waals surface area contributed by atoms with E-state index in [2.05, 4.69) is 5.10 Å². The number of nitrogens with two attached hydrogens (primary N) is 1. The number of aromatic nitrogens is 2. The molecule has 0 bridgehead atoms. The summed E-state index contributed by atoms with van der Waals surface area (Å²) in [5.74, 6) is 0.455. The van der Waals surface area contributed by atoms with Gasteiger partial charge in [-0.2, -0.15) is 5.10 Å². The average molecular weight is 290 g/mol. The van der Waals surface area contributed by atoms with Crippen LogP contribution < -0.4 is 10.5 Å².